The predicted molar refractivity (Wildman–Crippen MR) is 233 cm³/mol. The Labute approximate surface area is 351 Å². The van der Waals surface area contributed by atoms with Gasteiger partial charge < -0.3 is 36.3 Å². The fourth-order valence-electron chi connectivity index (χ4n) is 11.1. The van der Waals surface area contributed by atoms with Crippen LogP contribution in [0.2, 0.25) is 0 Å². The highest BCUT2D eigenvalue weighted by atomic mass is 16.5. The molecule has 7 atom stereocenters. The average molecular weight is 806 g/mol. The number of carbonyl (C=O) groups excluding carboxylic acids is 1. The highest BCUT2D eigenvalue weighted by Crippen LogP contribution is 2.59. The maximum atomic E-state index is 13.5. The highest BCUT2D eigenvalue weighted by molar-refractivity contribution is 5.90. The molecule has 7 N–H and O–H groups in total. The Morgan fingerprint density at radius 2 is 1.75 bits per heavy atom. The van der Waals surface area contributed by atoms with Crippen LogP contribution in [-0.2, 0) is 16.0 Å². The zero-order valence-corrected chi connectivity index (χ0v) is 35.3. The minimum atomic E-state index is -0.254. The third-order valence-electron chi connectivity index (χ3n) is 13.8. The van der Waals surface area contributed by atoms with E-state index in [0.717, 1.165) is 85.6 Å². The van der Waals surface area contributed by atoms with Gasteiger partial charge in [0.15, 0.2) is 23.2 Å². The lowest BCUT2D eigenvalue weighted by molar-refractivity contribution is -0.114. The number of ether oxygens (including phenoxy) is 2. The fourth-order valence-corrected chi connectivity index (χ4v) is 11.1. The molecule has 0 radical (unpaired) electrons. The number of rotatable bonds is 14. The molecule has 318 valence electrons. The van der Waals surface area contributed by atoms with Crippen LogP contribution in [0.1, 0.15) is 151 Å². The smallest absolute Gasteiger partial charge is 0.186 e. The number of phenols is 2. The number of hydrogen-bond donors (Lipinski definition) is 5. The molecule has 9 nitrogen and oxygen atoms in total. The van der Waals surface area contributed by atoms with Crippen molar-refractivity contribution in [2.24, 2.45) is 40.1 Å². The largest absolute Gasteiger partial charge is 0.508 e. The van der Waals surface area contributed by atoms with E-state index < -0.39 is 0 Å². The molecule has 0 amide bonds. The van der Waals surface area contributed by atoms with Gasteiger partial charge in [-0.2, -0.15) is 0 Å². The Bertz CT molecular complexity index is 1940. The first-order chi connectivity index (χ1) is 28.6. The van der Waals surface area contributed by atoms with Gasteiger partial charge in [-0.15, -0.1) is 0 Å². The average Bonchev–Trinajstić information content (AvgIpc) is 3.73. The third kappa shape index (κ3) is 10.4. The van der Waals surface area contributed by atoms with E-state index in [-0.39, 0.29) is 84.1 Å². The van der Waals surface area contributed by atoms with Gasteiger partial charge in [-0.25, -0.2) is 4.99 Å². The molecule has 0 aliphatic heterocycles. The van der Waals surface area contributed by atoms with Crippen LogP contribution in [-0.4, -0.2) is 58.5 Å². The molecular formula is C50H67N3O6. The lowest BCUT2D eigenvalue weighted by Gasteiger charge is -2.50. The van der Waals surface area contributed by atoms with Crippen LogP contribution in [0.4, 0.5) is 0 Å². The summed E-state index contributed by atoms with van der Waals surface area (Å²) in [7, 11) is 0. The molecule has 2 aromatic rings. The number of phenolic OH excluding ortho intramolecular Hbond substituents is 2. The van der Waals surface area contributed by atoms with Gasteiger partial charge in [-0.1, -0.05) is 75.2 Å². The Morgan fingerprint density at radius 1 is 0.983 bits per heavy atom. The normalized spacial score (nSPS) is 27.4. The van der Waals surface area contributed by atoms with Crippen molar-refractivity contribution in [1.29, 1.82) is 0 Å². The topological polar surface area (TPSA) is 161 Å². The zero-order valence-electron chi connectivity index (χ0n) is 35.3. The zero-order chi connectivity index (χ0) is 41.5. The molecular weight excluding hydrogens is 739 g/mol. The molecule has 0 saturated heterocycles. The first-order valence-electron chi connectivity index (χ1n) is 22.7. The number of aliphatic imine (C=N–C) groups is 1. The van der Waals surface area contributed by atoms with Gasteiger partial charge in [0.05, 0.1) is 31.5 Å². The van der Waals surface area contributed by atoms with E-state index in [1.807, 2.05) is 25.1 Å². The number of benzene rings is 2. The van der Waals surface area contributed by atoms with Crippen LogP contribution in [0.5, 0.6) is 17.2 Å². The number of aliphatic hydroxyl groups excluding tert-OH is 1. The lowest BCUT2D eigenvalue weighted by Crippen LogP contribution is -2.42. The summed E-state index contributed by atoms with van der Waals surface area (Å²) in [5.41, 5.74) is 17.8. The van der Waals surface area contributed by atoms with Crippen molar-refractivity contribution < 1.29 is 29.6 Å². The van der Waals surface area contributed by atoms with E-state index in [2.05, 4.69) is 30.9 Å². The van der Waals surface area contributed by atoms with E-state index in [0.29, 0.717) is 44.0 Å². The highest BCUT2D eigenvalue weighted by Gasteiger charge is 2.49. The molecule has 5 aliphatic rings. The summed E-state index contributed by atoms with van der Waals surface area (Å²) >= 11 is 0. The van der Waals surface area contributed by atoms with Crippen LogP contribution in [0.15, 0.2) is 58.6 Å². The minimum absolute atomic E-state index is 0.00770. The lowest BCUT2D eigenvalue weighted by atomic mass is 9.55. The summed E-state index contributed by atoms with van der Waals surface area (Å²) in [5, 5.41) is 33.5. The molecule has 7 rings (SSSR count). The van der Waals surface area contributed by atoms with Crippen molar-refractivity contribution >= 4 is 11.7 Å². The number of carbonyl (C=O) groups is 1. The molecule has 9 heteroatoms. The van der Waals surface area contributed by atoms with Crippen molar-refractivity contribution in [2.45, 2.75) is 153 Å². The molecule has 2 bridgehead atoms. The fraction of sp³-hybridized carbons (Fsp3) is 0.600. The summed E-state index contributed by atoms with van der Waals surface area (Å²) in [6, 6.07) is 9.39. The summed E-state index contributed by atoms with van der Waals surface area (Å²) in [4.78, 5) is 18.3. The number of nitrogens with zero attached hydrogens (tertiary/aromatic N) is 1. The maximum Gasteiger partial charge on any atom is 0.186 e. The number of ketones is 1. The molecule has 0 heterocycles. The molecule has 0 spiro atoms. The summed E-state index contributed by atoms with van der Waals surface area (Å²) in [6.07, 6.45) is 19.2. The Balaban J connectivity index is 1.43. The first-order valence-corrected chi connectivity index (χ1v) is 22.7. The molecule has 59 heavy (non-hydrogen) atoms. The second-order valence-electron chi connectivity index (χ2n) is 18.3. The second-order valence-corrected chi connectivity index (χ2v) is 18.3. The van der Waals surface area contributed by atoms with Gasteiger partial charge in [0.2, 0.25) is 0 Å². The molecule has 5 aliphatic carbocycles. The van der Waals surface area contributed by atoms with Crippen LogP contribution in [0.25, 0.3) is 0 Å². The van der Waals surface area contributed by atoms with E-state index in [1.54, 1.807) is 12.1 Å². The monoisotopic (exact) mass is 806 g/mol. The summed E-state index contributed by atoms with van der Waals surface area (Å²) in [5.74, 6) is 8.20. The molecule has 2 aromatic carbocycles. The molecule has 0 aromatic heterocycles. The number of fused-ring (bicyclic) bond motifs is 6. The standard InChI is InChI=1S/C50H67N3O6/c1-3-11-32(29-54)24-38(56)21-20-34-28-46(59-40-17-7-8-18-40)49(57)48-41(34)19-10-13-36(53-50(51)52)25-35-27-43-42(33-12-9-14-37(55)26-33)22-31(2)23-44(43)47(48)45(35)30-58-39-15-5-4-6-16-39/h9,12,14,24,26-28,31,35-36,39-40,42,44-45,47,54-55,57H,3-8,11,13,15-18,20-23,25,29-30H2,1-2H3,(H4,51,52,53)/t31-,35-,36+,42-,44-,45+,47+/m1/s1. The predicted octanol–water partition coefficient (Wildman–Crippen LogP) is 8.86. The Hall–Kier alpha value is -4.26. The van der Waals surface area contributed by atoms with Crippen molar-refractivity contribution in [1.82, 2.24) is 0 Å². The Morgan fingerprint density at radius 3 is 2.47 bits per heavy atom. The van der Waals surface area contributed by atoms with Crippen LogP contribution >= 0.6 is 0 Å². The van der Waals surface area contributed by atoms with Crippen molar-refractivity contribution in [3.05, 3.63) is 75.9 Å². The third-order valence-corrected chi connectivity index (χ3v) is 13.8. The minimum Gasteiger partial charge on any atom is -0.508 e. The SMILES string of the molecule is CCCC(=CC(=O)CCc1cc(OC2CCCC2)c(O)c2c1C#CC[C@H](N=C(N)N)C[C@@H]1C=C3[C@@H](C[C@H](C)C[C@@H]3c3cccc(O)c3)[C@H]2[C@H]1COC1CCCCC1)CO. The van der Waals surface area contributed by atoms with Gasteiger partial charge in [0.25, 0.3) is 0 Å². The van der Waals surface area contributed by atoms with Crippen molar-refractivity contribution in [3.8, 4) is 29.1 Å². The van der Waals surface area contributed by atoms with Gasteiger partial charge >= 0.3 is 0 Å². The number of aliphatic hydroxyl groups is 1. The first kappa shape index (κ1) is 42.8. The van der Waals surface area contributed by atoms with Crippen LogP contribution in [0, 0.1) is 35.5 Å². The van der Waals surface area contributed by atoms with Gasteiger partial charge in [0, 0.05) is 35.8 Å². The second kappa shape index (κ2) is 19.9. The van der Waals surface area contributed by atoms with Crippen molar-refractivity contribution in [3.63, 3.8) is 0 Å². The van der Waals surface area contributed by atoms with E-state index >= 15 is 0 Å². The summed E-state index contributed by atoms with van der Waals surface area (Å²) in [6.45, 7) is 4.76. The Kier molecular flexibility index (Phi) is 14.4. The number of guanidine groups is 1. The molecule has 0 unspecified atom stereocenters. The molecule has 3 fully saturated rings. The van der Waals surface area contributed by atoms with Gasteiger partial charge in [-0.05, 0) is 135 Å². The maximum absolute atomic E-state index is 13.5. The van der Waals surface area contributed by atoms with Crippen LogP contribution in [0.3, 0.4) is 0 Å². The summed E-state index contributed by atoms with van der Waals surface area (Å²) < 4.78 is 13.7. The number of aromatic hydroxyl groups is 2. The van der Waals surface area contributed by atoms with E-state index in [4.69, 9.17) is 25.9 Å². The quantitative estimate of drug-likeness (QED) is 0.0416. The van der Waals surface area contributed by atoms with Crippen LogP contribution < -0.4 is 16.2 Å². The number of nitrogens with two attached hydrogens (primary N) is 2. The van der Waals surface area contributed by atoms with E-state index in [9.17, 15) is 20.1 Å². The number of aryl methyl sites for hydroxylation is 1. The molecule has 3 saturated carbocycles. The van der Waals surface area contributed by atoms with Gasteiger partial charge in [0.1, 0.15) is 5.75 Å². The number of hydrogen-bond acceptors (Lipinski definition) is 7. The van der Waals surface area contributed by atoms with Crippen molar-refractivity contribution in [2.75, 3.05) is 13.2 Å². The van der Waals surface area contributed by atoms with E-state index in [1.165, 1.54) is 24.8 Å². The number of allylic oxidation sites excluding steroid dienone is 3. The van der Waals surface area contributed by atoms with Gasteiger partial charge in [-0.3, -0.25) is 4.79 Å².